The van der Waals surface area contributed by atoms with Crippen LogP contribution in [0.15, 0.2) is 39.7 Å². The van der Waals surface area contributed by atoms with Crippen LogP contribution in [0.4, 0.5) is 5.69 Å². The quantitative estimate of drug-likeness (QED) is 0.558. The predicted octanol–water partition coefficient (Wildman–Crippen LogP) is 5.53. The Balaban J connectivity index is 1.87. The molecule has 1 heterocycles. The second kappa shape index (κ2) is 8.22. The van der Waals surface area contributed by atoms with Crippen molar-refractivity contribution in [1.82, 2.24) is 4.31 Å². The Kier molecular flexibility index (Phi) is 6.40. The Hall–Kier alpha value is -1.08. The average molecular weight is 500 g/mol. The summed E-state index contributed by atoms with van der Waals surface area (Å²) in [7, 11) is -3.58. The van der Waals surface area contributed by atoms with Gasteiger partial charge in [-0.15, -0.1) is 0 Å². The molecule has 158 valence electrons. The van der Waals surface area contributed by atoms with Crippen LogP contribution < -0.4 is 4.90 Å². The lowest BCUT2D eigenvalue weighted by Crippen LogP contribution is -2.49. The van der Waals surface area contributed by atoms with E-state index in [1.807, 2.05) is 58.9 Å². The van der Waals surface area contributed by atoms with Gasteiger partial charge < -0.3 is 4.90 Å². The maximum Gasteiger partial charge on any atom is 0.243 e. The van der Waals surface area contributed by atoms with Crippen LogP contribution in [0.2, 0.25) is 5.02 Å². The van der Waals surface area contributed by atoms with Gasteiger partial charge in [-0.05, 0) is 60.2 Å². The van der Waals surface area contributed by atoms with Crippen LogP contribution in [0.5, 0.6) is 0 Å². The lowest BCUT2D eigenvalue weighted by molar-refractivity contribution is 0.383. The molecule has 4 nitrogen and oxygen atoms in total. The number of anilines is 1. The van der Waals surface area contributed by atoms with Gasteiger partial charge in [0.1, 0.15) is 0 Å². The van der Waals surface area contributed by atoms with E-state index in [2.05, 4.69) is 20.8 Å². The highest BCUT2D eigenvalue weighted by atomic mass is 79.9. The summed E-state index contributed by atoms with van der Waals surface area (Å²) in [5.41, 5.74) is 3.55. The Morgan fingerprint density at radius 3 is 2.14 bits per heavy atom. The third kappa shape index (κ3) is 4.66. The highest BCUT2D eigenvalue weighted by molar-refractivity contribution is 9.10. The first-order valence-corrected chi connectivity index (χ1v) is 12.3. The van der Waals surface area contributed by atoms with Crippen LogP contribution in [0.1, 0.15) is 37.5 Å². The number of benzene rings is 2. The third-order valence-corrected chi connectivity index (χ3v) is 8.65. The number of hydrogen-bond donors (Lipinski definition) is 0. The fraction of sp³-hybridized carbons (Fsp3) is 0.455. The average Bonchev–Trinajstić information content (AvgIpc) is 2.65. The summed E-state index contributed by atoms with van der Waals surface area (Å²) in [6.45, 7) is 12.2. The molecule has 0 spiro atoms. The van der Waals surface area contributed by atoms with Gasteiger partial charge in [-0.2, -0.15) is 4.31 Å². The van der Waals surface area contributed by atoms with Crippen molar-refractivity contribution in [3.63, 3.8) is 0 Å². The van der Waals surface area contributed by atoms with Gasteiger partial charge in [-0.1, -0.05) is 54.4 Å². The number of piperazine rings is 1. The molecule has 1 aliphatic rings. The van der Waals surface area contributed by atoms with Gasteiger partial charge in [0.2, 0.25) is 10.0 Å². The number of nitrogens with zero attached hydrogens (tertiary/aromatic N) is 2. The van der Waals surface area contributed by atoms with Gasteiger partial charge in [-0.3, -0.25) is 0 Å². The summed E-state index contributed by atoms with van der Waals surface area (Å²) < 4.78 is 29.6. The van der Waals surface area contributed by atoms with E-state index in [9.17, 15) is 8.42 Å². The molecule has 3 rings (SSSR count). The van der Waals surface area contributed by atoms with Crippen molar-refractivity contribution >= 4 is 43.2 Å². The normalized spacial score (nSPS) is 16.3. The van der Waals surface area contributed by atoms with Crippen molar-refractivity contribution in [2.45, 2.75) is 44.9 Å². The van der Waals surface area contributed by atoms with Gasteiger partial charge >= 0.3 is 0 Å². The van der Waals surface area contributed by atoms with Crippen molar-refractivity contribution < 1.29 is 8.42 Å². The molecule has 29 heavy (non-hydrogen) atoms. The molecule has 0 unspecified atom stereocenters. The summed E-state index contributed by atoms with van der Waals surface area (Å²) in [5.74, 6) is 0. The largest absolute Gasteiger partial charge is 0.369 e. The maximum atomic E-state index is 13.5. The SMILES string of the molecule is Cc1ccc(N2CCN(S(=O)(=O)c3cc(C)c(Br)cc3C(C)(C)C)CC2)cc1Cl. The molecule has 2 aromatic carbocycles. The second-order valence-corrected chi connectivity index (χ2v) is 11.8. The zero-order valence-electron chi connectivity index (χ0n) is 17.6. The molecule has 0 bridgehead atoms. The molecular weight excluding hydrogens is 472 g/mol. The molecule has 0 amide bonds. The van der Waals surface area contributed by atoms with Crippen molar-refractivity contribution in [3.8, 4) is 0 Å². The third-order valence-electron chi connectivity index (χ3n) is 5.45. The number of hydrogen-bond acceptors (Lipinski definition) is 3. The lowest BCUT2D eigenvalue weighted by atomic mass is 9.86. The van der Waals surface area contributed by atoms with Gasteiger partial charge in [0.05, 0.1) is 4.90 Å². The summed E-state index contributed by atoms with van der Waals surface area (Å²) in [4.78, 5) is 2.60. The summed E-state index contributed by atoms with van der Waals surface area (Å²) in [5, 5.41) is 0.734. The van der Waals surface area contributed by atoms with E-state index < -0.39 is 10.0 Å². The minimum atomic E-state index is -3.58. The predicted molar refractivity (Wildman–Crippen MR) is 125 cm³/mol. The van der Waals surface area contributed by atoms with Crippen LogP contribution in [0.3, 0.4) is 0 Å². The molecule has 1 aliphatic heterocycles. The molecule has 0 saturated carbocycles. The number of halogens is 2. The van der Waals surface area contributed by atoms with Gasteiger partial charge in [0.15, 0.2) is 0 Å². The highest BCUT2D eigenvalue weighted by Gasteiger charge is 2.33. The van der Waals surface area contributed by atoms with Crippen molar-refractivity contribution in [2.75, 3.05) is 31.1 Å². The van der Waals surface area contributed by atoms with Crippen LogP contribution in [-0.2, 0) is 15.4 Å². The molecule has 0 radical (unpaired) electrons. The van der Waals surface area contributed by atoms with E-state index in [1.54, 1.807) is 10.4 Å². The Labute approximate surface area is 188 Å². The number of aryl methyl sites for hydroxylation is 2. The van der Waals surface area contributed by atoms with E-state index in [0.717, 1.165) is 31.9 Å². The first kappa shape index (κ1) is 22.6. The van der Waals surface area contributed by atoms with E-state index in [4.69, 9.17) is 11.6 Å². The topological polar surface area (TPSA) is 40.6 Å². The van der Waals surface area contributed by atoms with E-state index >= 15 is 0 Å². The monoisotopic (exact) mass is 498 g/mol. The summed E-state index contributed by atoms with van der Waals surface area (Å²) >= 11 is 9.82. The first-order chi connectivity index (χ1) is 13.4. The Morgan fingerprint density at radius 1 is 0.966 bits per heavy atom. The van der Waals surface area contributed by atoms with Crippen molar-refractivity contribution in [2.24, 2.45) is 0 Å². The number of sulfonamides is 1. The molecule has 1 fully saturated rings. The minimum absolute atomic E-state index is 0.279. The Morgan fingerprint density at radius 2 is 1.59 bits per heavy atom. The molecule has 0 aromatic heterocycles. The Bertz CT molecular complexity index is 1020. The van der Waals surface area contributed by atoms with Crippen LogP contribution in [-0.4, -0.2) is 38.9 Å². The number of rotatable bonds is 3. The fourth-order valence-corrected chi connectivity index (χ4v) is 5.97. The fourth-order valence-electron chi connectivity index (χ4n) is 3.56. The first-order valence-electron chi connectivity index (χ1n) is 9.73. The van der Waals surface area contributed by atoms with Gasteiger partial charge in [0.25, 0.3) is 0 Å². The van der Waals surface area contributed by atoms with Crippen LogP contribution in [0, 0.1) is 13.8 Å². The maximum absolute atomic E-state index is 13.5. The molecule has 0 aliphatic carbocycles. The van der Waals surface area contributed by atoms with E-state index in [0.29, 0.717) is 31.1 Å². The van der Waals surface area contributed by atoms with Gasteiger partial charge in [0, 0.05) is 41.4 Å². The highest BCUT2D eigenvalue weighted by Crippen LogP contribution is 2.35. The molecule has 0 N–H and O–H groups in total. The van der Waals surface area contributed by atoms with Crippen molar-refractivity contribution in [1.29, 1.82) is 0 Å². The summed E-state index contributed by atoms with van der Waals surface area (Å²) in [6.07, 6.45) is 0. The zero-order chi connectivity index (χ0) is 21.6. The minimum Gasteiger partial charge on any atom is -0.369 e. The molecule has 1 saturated heterocycles. The zero-order valence-corrected chi connectivity index (χ0v) is 20.7. The van der Waals surface area contributed by atoms with E-state index in [1.165, 1.54) is 0 Å². The van der Waals surface area contributed by atoms with Gasteiger partial charge in [-0.25, -0.2) is 8.42 Å². The van der Waals surface area contributed by atoms with E-state index in [-0.39, 0.29) is 5.41 Å². The summed E-state index contributed by atoms with van der Waals surface area (Å²) in [6, 6.07) is 9.75. The smallest absolute Gasteiger partial charge is 0.243 e. The standard InChI is InChI=1S/C22H28BrClN2O2S/c1-15-6-7-17(13-20(15)24)25-8-10-26(11-9-25)29(27,28)21-12-16(2)19(23)14-18(21)22(3,4)5/h6-7,12-14H,8-11H2,1-5H3. The molecule has 0 atom stereocenters. The van der Waals surface area contributed by atoms with Crippen LogP contribution in [0.25, 0.3) is 0 Å². The lowest BCUT2D eigenvalue weighted by Gasteiger charge is -2.36. The molecule has 7 heteroatoms. The van der Waals surface area contributed by atoms with Crippen molar-refractivity contribution in [3.05, 3.63) is 56.5 Å². The second-order valence-electron chi connectivity index (χ2n) is 8.67. The molecule has 2 aromatic rings. The van der Waals surface area contributed by atoms with Crippen LogP contribution >= 0.6 is 27.5 Å². The molecular formula is C22H28BrClN2O2S.